The summed E-state index contributed by atoms with van der Waals surface area (Å²) in [6, 6.07) is 16.9. The zero-order valence-corrected chi connectivity index (χ0v) is 15.2. The van der Waals surface area contributed by atoms with Gasteiger partial charge in [-0.3, -0.25) is 4.79 Å². The van der Waals surface area contributed by atoms with Crippen LogP contribution in [0.3, 0.4) is 0 Å². The zero-order valence-electron chi connectivity index (χ0n) is 15.2. The number of hydrogen-bond donors (Lipinski definition) is 2. The van der Waals surface area contributed by atoms with Crippen LogP contribution in [-0.4, -0.2) is 37.7 Å². The third-order valence-electron chi connectivity index (χ3n) is 4.22. The van der Waals surface area contributed by atoms with E-state index in [2.05, 4.69) is 29.4 Å². The minimum atomic E-state index is 0.0139. The minimum absolute atomic E-state index is 0.0139. The molecule has 0 spiro atoms. The number of benzene rings is 2. The van der Waals surface area contributed by atoms with Crippen LogP contribution in [0, 0.1) is 0 Å². The number of quaternary nitrogens is 1. The monoisotopic (exact) mass is 353 g/mol. The lowest BCUT2D eigenvalue weighted by molar-refractivity contribution is -0.907. The van der Waals surface area contributed by atoms with Gasteiger partial charge >= 0.3 is 0 Å². The third kappa shape index (κ3) is 5.47. The Morgan fingerprint density at radius 1 is 1.00 bits per heavy atom. The molecule has 3 rings (SSSR count). The molecule has 2 N–H and O–H groups in total. The highest BCUT2D eigenvalue weighted by atomic mass is 16.5. The van der Waals surface area contributed by atoms with E-state index in [1.165, 1.54) is 4.90 Å². The number of hydrogen-bond acceptors (Lipinski definition) is 4. The molecule has 1 aliphatic rings. The van der Waals surface area contributed by atoms with Crippen molar-refractivity contribution in [3.63, 3.8) is 0 Å². The van der Waals surface area contributed by atoms with Crippen LogP contribution < -0.4 is 10.2 Å². The van der Waals surface area contributed by atoms with E-state index in [1.807, 2.05) is 54.6 Å². The highest BCUT2D eigenvalue weighted by molar-refractivity contribution is 5.91. The first kappa shape index (κ1) is 18.2. The number of morpholine rings is 1. The average molecular weight is 353 g/mol. The molecule has 26 heavy (non-hydrogen) atoms. The van der Waals surface area contributed by atoms with Crippen LogP contribution in [0.1, 0.15) is 13.8 Å². The molecular weight excluding hydrogens is 328 g/mol. The van der Waals surface area contributed by atoms with E-state index < -0.39 is 0 Å². The van der Waals surface area contributed by atoms with E-state index in [-0.39, 0.29) is 18.1 Å². The van der Waals surface area contributed by atoms with Crippen molar-refractivity contribution in [2.45, 2.75) is 26.1 Å². The Labute approximate surface area is 153 Å². The maximum Gasteiger partial charge on any atom is 0.279 e. The van der Waals surface area contributed by atoms with E-state index in [0.717, 1.165) is 30.2 Å². The number of amides is 1. The number of ether oxygens (including phenoxy) is 1. The van der Waals surface area contributed by atoms with Gasteiger partial charge in [-0.05, 0) is 50.2 Å². The number of carbonyl (C=O) groups is 1. The van der Waals surface area contributed by atoms with E-state index in [9.17, 15) is 4.79 Å². The van der Waals surface area contributed by atoms with Crippen LogP contribution in [0.15, 0.2) is 64.8 Å². The standard InChI is InChI=1S/C20H24N4O2/c1-15-12-24(13-16(2)26-15)14-20(25)21-17-8-10-19(11-9-17)23-22-18-6-4-3-5-7-18/h3-11,15-16H,12-14H2,1-2H3,(H,21,25)/p+1/t15-,16+. The first-order valence-electron chi connectivity index (χ1n) is 8.94. The van der Waals surface area contributed by atoms with E-state index in [1.54, 1.807) is 0 Å². The number of carbonyl (C=O) groups excluding carboxylic acids is 1. The molecule has 0 aliphatic carbocycles. The molecule has 0 radical (unpaired) electrons. The normalized spacial score (nSPS) is 23.1. The summed E-state index contributed by atoms with van der Waals surface area (Å²) in [7, 11) is 0. The molecule has 0 bridgehead atoms. The van der Waals surface area contributed by atoms with Gasteiger partial charge in [-0.1, -0.05) is 18.2 Å². The fourth-order valence-electron chi connectivity index (χ4n) is 3.19. The smallest absolute Gasteiger partial charge is 0.279 e. The molecule has 2 aromatic rings. The molecule has 1 heterocycles. The maximum atomic E-state index is 12.3. The Bertz CT molecular complexity index is 736. The number of nitrogens with zero attached hydrogens (tertiary/aromatic N) is 2. The van der Waals surface area contributed by atoms with Crippen LogP contribution in [0.2, 0.25) is 0 Å². The van der Waals surface area contributed by atoms with Gasteiger partial charge in [0.1, 0.15) is 25.3 Å². The van der Waals surface area contributed by atoms with Gasteiger partial charge in [-0.15, -0.1) is 0 Å². The second kappa shape index (κ2) is 8.69. The molecule has 2 aromatic carbocycles. The Morgan fingerprint density at radius 3 is 2.19 bits per heavy atom. The predicted octanol–water partition coefficient (Wildman–Crippen LogP) is 2.73. The minimum Gasteiger partial charge on any atom is -0.364 e. The molecule has 1 saturated heterocycles. The van der Waals surface area contributed by atoms with E-state index in [4.69, 9.17) is 4.74 Å². The Kier molecular flexibility index (Phi) is 6.09. The first-order chi connectivity index (χ1) is 12.6. The first-order valence-corrected chi connectivity index (χ1v) is 8.94. The number of rotatable bonds is 5. The quantitative estimate of drug-likeness (QED) is 0.812. The van der Waals surface area contributed by atoms with Gasteiger partial charge in [0.2, 0.25) is 0 Å². The van der Waals surface area contributed by atoms with Gasteiger partial charge < -0.3 is 15.0 Å². The lowest BCUT2D eigenvalue weighted by atomic mass is 10.2. The summed E-state index contributed by atoms with van der Waals surface area (Å²) in [5, 5.41) is 11.3. The van der Waals surface area contributed by atoms with Crippen molar-refractivity contribution in [3.8, 4) is 0 Å². The van der Waals surface area contributed by atoms with Crippen LogP contribution in [0.25, 0.3) is 0 Å². The van der Waals surface area contributed by atoms with Gasteiger partial charge in [0.15, 0.2) is 6.54 Å². The van der Waals surface area contributed by atoms with Crippen molar-refractivity contribution < 1.29 is 14.4 Å². The summed E-state index contributed by atoms with van der Waals surface area (Å²) < 4.78 is 5.71. The van der Waals surface area contributed by atoms with Crippen LogP contribution in [0.5, 0.6) is 0 Å². The predicted molar refractivity (Wildman–Crippen MR) is 101 cm³/mol. The lowest BCUT2D eigenvalue weighted by Crippen LogP contribution is -3.16. The Balaban J connectivity index is 1.52. The second-order valence-electron chi connectivity index (χ2n) is 6.72. The third-order valence-corrected chi connectivity index (χ3v) is 4.22. The van der Waals surface area contributed by atoms with Crippen molar-refractivity contribution >= 4 is 23.0 Å². The fourth-order valence-corrected chi connectivity index (χ4v) is 3.19. The van der Waals surface area contributed by atoms with E-state index >= 15 is 0 Å². The molecule has 1 aliphatic heterocycles. The molecule has 1 unspecified atom stereocenters. The largest absolute Gasteiger partial charge is 0.364 e. The highest BCUT2D eigenvalue weighted by Crippen LogP contribution is 2.19. The summed E-state index contributed by atoms with van der Waals surface area (Å²) >= 11 is 0. The second-order valence-corrected chi connectivity index (χ2v) is 6.72. The average Bonchev–Trinajstić information content (AvgIpc) is 2.61. The van der Waals surface area contributed by atoms with Gasteiger partial charge in [-0.25, -0.2) is 0 Å². The van der Waals surface area contributed by atoms with Crippen molar-refractivity contribution in [2.24, 2.45) is 10.2 Å². The molecule has 3 atom stereocenters. The molecule has 0 aromatic heterocycles. The highest BCUT2D eigenvalue weighted by Gasteiger charge is 2.27. The van der Waals surface area contributed by atoms with Crippen molar-refractivity contribution in [2.75, 3.05) is 25.0 Å². The fraction of sp³-hybridized carbons (Fsp3) is 0.350. The Hall–Kier alpha value is -2.57. The summed E-state index contributed by atoms with van der Waals surface area (Å²) in [5.41, 5.74) is 2.32. The summed E-state index contributed by atoms with van der Waals surface area (Å²) in [4.78, 5) is 13.5. The number of nitrogens with one attached hydrogen (secondary N) is 2. The van der Waals surface area contributed by atoms with Crippen LogP contribution >= 0.6 is 0 Å². The van der Waals surface area contributed by atoms with Crippen molar-refractivity contribution in [1.29, 1.82) is 0 Å². The van der Waals surface area contributed by atoms with Crippen molar-refractivity contribution in [1.82, 2.24) is 0 Å². The summed E-state index contributed by atoms with van der Waals surface area (Å²) in [6.07, 6.45) is 0.381. The molecule has 0 saturated carbocycles. The molecule has 6 nitrogen and oxygen atoms in total. The Morgan fingerprint density at radius 2 is 1.58 bits per heavy atom. The van der Waals surface area contributed by atoms with Gasteiger partial charge in [0.25, 0.3) is 5.91 Å². The van der Waals surface area contributed by atoms with Crippen LogP contribution in [0.4, 0.5) is 17.1 Å². The number of anilines is 1. The summed E-state index contributed by atoms with van der Waals surface area (Å²) in [5.74, 6) is 0.0139. The molecular formula is C20H25N4O2+. The zero-order chi connectivity index (χ0) is 18.4. The SMILES string of the molecule is C[C@@H]1C[NH+](CC(=O)Nc2ccc(N=Nc3ccccc3)cc2)C[C@H](C)O1. The van der Waals surface area contributed by atoms with E-state index in [0.29, 0.717) is 6.54 Å². The van der Waals surface area contributed by atoms with Crippen LogP contribution in [-0.2, 0) is 9.53 Å². The maximum absolute atomic E-state index is 12.3. The molecule has 136 valence electrons. The summed E-state index contributed by atoms with van der Waals surface area (Å²) in [6.45, 7) is 6.27. The van der Waals surface area contributed by atoms with Gasteiger partial charge in [0.05, 0.1) is 11.4 Å². The lowest BCUT2D eigenvalue weighted by Gasteiger charge is -2.31. The molecule has 6 heteroatoms. The number of azo groups is 1. The van der Waals surface area contributed by atoms with Gasteiger partial charge in [0, 0.05) is 5.69 Å². The van der Waals surface area contributed by atoms with Gasteiger partial charge in [-0.2, -0.15) is 10.2 Å². The topological polar surface area (TPSA) is 67.5 Å². The molecule has 1 fully saturated rings. The van der Waals surface area contributed by atoms with Crippen molar-refractivity contribution in [3.05, 3.63) is 54.6 Å². The molecule has 1 amide bonds.